The zero-order valence-electron chi connectivity index (χ0n) is 14.0. The van der Waals surface area contributed by atoms with Gasteiger partial charge in [-0.1, -0.05) is 0 Å². The van der Waals surface area contributed by atoms with Gasteiger partial charge in [0.2, 0.25) is 0 Å². The van der Waals surface area contributed by atoms with Crippen LogP contribution in [0.5, 0.6) is 11.5 Å². The fourth-order valence-electron chi connectivity index (χ4n) is 2.68. The number of thiazole rings is 1. The van der Waals surface area contributed by atoms with Crippen molar-refractivity contribution < 1.29 is 14.3 Å². The van der Waals surface area contributed by atoms with Gasteiger partial charge in [-0.3, -0.25) is 0 Å². The molecule has 2 amide bonds. The number of nitrogens with zero attached hydrogens (tertiary/aromatic N) is 2. The molecule has 1 aliphatic heterocycles. The first-order valence-corrected chi connectivity index (χ1v) is 8.67. The number of fused-ring (bicyclic) bond motifs is 1. The van der Waals surface area contributed by atoms with Gasteiger partial charge in [0.15, 0.2) is 0 Å². The average Bonchev–Trinajstić information content (AvgIpc) is 3.01. The Balaban J connectivity index is 1.76. The zero-order valence-corrected chi connectivity index (χ0v) is 14.9. The van der Waals surface area contributed by atoms with E-state index in [1.807, 2.05) is 37.4 Å². The van der Waals surface area contributed by atoms with E-state index >= 15 is 0 Å². The summed E-state index contributed by atoms with van der Waals surface area (Å²) in [4.78, 5) is 18.5. The highest BCUT2D eigenvalue weighted by atomic mass is 32.1. The number of ether oxygens (including phenoxy) is 2. The Bertz CT molecular complexity index is 716. The summed E-state index contributed by atoms with van der Waals surface area (Å²) in [5.41, 5.74) is 3.10. The Morgan fingerprint density at radius 2 is 2.33 bits per heavy atom. The van der Waals surface area contributed by atoms with Gasteiger partial charge < -0.3 is 19.7 Å². The Morgan fingerprint density at radius 3 is 3.04 bits per heavy atom. The first kappa shape index (κ1) is 16.6. The minimum absolute atomic E-state index is 0.122. The normalized spacial score (nSPS) is 15.9. The van der Waals surface area contributed by atoms with Crippen molar-refractivity contribution in [2.24, 2.45) is 0 Å². The largest absolute Gasteiger partial charge is 0.497 e. The van der Waals surface area contributed by atoms with Crippen LogP contribution in [0.3, 0.4) is 0 Å². The van der Waals surface area contributed by atoms with E-state index < -0.39 is 5.60 Å². The molecular weight excluding hydrogens is 326 g/mol. The molecule has 0 bridgehead atoms. The number of aromatic nitrogens is 1. The minimum Gasteiger partial charge on any atom is -0.497 e. The maximum absolute atomic E-state index is 12.6. The third-order valence-electron chi connectivity index (χ3n) is 3.78. The van der Waals surface area contributed by atoms with E-state index in [0.29, 0.717) is 19.6 Å². The van der Waals surface area contributed by atoms with E-state index in [-0.39, 0.29) is 6.03 Å². The van der Waals surface area contributed by atoms with Crippen LogP contribution in [0.2, 0.25) is 0 Å². The van der Waals surface area contributed by atoms with Gasteiger partial charge in [-0.2, -0.15) is 0 Å². The maximum atomic E-state index is 12.6. The van der Waals surface area contributed by atoms with Gasteiger partial charge in [0, 0.05) is 17.0 Å². The van der Waals surface area contributed by atoms with Gasteiger partial charge in [0.1, 0.15) is 17.1 Å². The second kappa shape index (κ2) is 6.68. The Kier molecular flexibility index (Phi) is 4.62. The molecule has 7 heteroatoms. The number of hydrogen-bond acceptors (Lipinski definition) is 5. The molecule has 0 spiro atoms. The van der Waals surface area contributed by atoms with Gasteiger partial charge in [0.25, 0.3) is 0 Å². The lowest BCUT2D eigenvalue weighted by Crippen LogP contribution is -2.47. The number of carbonyl (C=O) groups excluding carboxylic acids is 1. The maximum Gasteiger partial charge on any atom is 0.318 e. The van der Waals surface area contributed by atoms with Crippen molar-refractivity contribution in [3.8, 4) is 11.5 Å². The molecular formula is C17H21N3O3S. The summed E-state index contributed by atoms with van der Waals surface area (Å²) < 4.78 is 11.4. The van der Waals surface area contributed by atoms with Crippen molar-refractivity contribution in [3.63, 3.8) is 0 Å². The van der Waals surface area contributed by atoms with Crippen molar-refractivity contribution in [1.29, 1.82) is 0 Å². The molecule has 3 rings (SSSR count). The molecule has 1 N–H and O–H groups in total. The van der Waals surface area contributed by atoms with Crippen molar-refractivity contribution >= 4 is 17.4 Å². The Labute approximate surface area is 145 Å². The smallest absolute Gasteiger partial charge is 0.318 e. The molecule has 2 heterocycles. The number of urea groups is 1. The Hall–Kier alpha value is -2.28. The molecule has 0 radical (unpaired) electrons. The molecule has 0 aliphatic carbocycles. The lowest BCUT2D eigenvalue weighted by Gasteiger charge is -2.29. The summed E-state index contributed by atoms with van der Waals surface area (Å²) >= 11 is 1.52. The number of methoxy groups -OCH3 is 1. The van der Waals surface area contributed by atoms with E-state index in [0.717, 1.165) is 22.8 Å². The predicted octanol–water partition coefficient (Wildman–Crippen LogP) is 3.03. The molecule has 1 aromatic carbocycles. The first-order chi connectivity index (χ1) is 11.5. The third kappa shape index (κ3) is 3.79. The summed E-state index contributed by atoms with van der Waals surface area (Å²) in [7, 11) is 1.63. The number of rotatable bonds is 3. The number of amides is 2. The van der Waals surface area contributed by atoms with E-state index in [1.165, 1.54) is 11.3 Å². The van der Waals surface area contributed by atoms with Crippen molar-refractivity contribution in [2.45, 2.75) is 32.5 Å². The molecule has 1 aliphatic rings. The van der Waals surface area contributed by atoms with Gasteiger partial charge in [0.05, 0.1) is 37.9 Å². The van der Waals surface area contributed by atoms with Crippen LogP contribution in [-0.4, -0.2) is 35.2 Å². The summed E-state index contributed by atoms with van der Waals surface area (Å²) in [5.74, 6) is 1.50. The molecule has 1 aromatic heterocycles. The van der Waals surface area contributed by atoms with Crippen LogP contribution >= 0.6 is 11.3 Å². The molecule has 0 saturated heterocycles. The van der Waals surface area contributed by atoms with E-state index in [2.05, 4.69) is 10.3 Å². The standard InChI is InChI=1S/C17H21N3O3S/c1-17(2)10-20(16(21)18-7-13-9-24-11-19-13)8-12-4-5-14(22-3)6-15(12)23-17/h4-6,9,11H,7-8,10H2,1-3H3,(H,18,21). The van der Waals surface area contributed by atoms with Gasteiger partial charge in [-0.15, -0.1) is 11.3 Å². The molecule has 0 saturated carbocycles. The number of hydrogen-bond donors (Lipinski definition) is 1. The molecule has 128 valence electrons. The molecule has 6 nitrogen and oxygen atoms in total. The SMILES string of the molecule is COc1ccc2c(c1)OC(C)(C)CN(C(=O)NCc1cscn1)C2. The molecule has 0 fully saturated rings. The number of nitrogens with one attached hydrogen (secondary N) is 1. The van der Waals surface area contributed by atoms with Crippen LogP contribution in [0.4, 0.5) is 4.79 Å². The van der Waals surface area contributed by atoms with E-state index in [1.54, 1.807) is 17.5 Å². The first-order valence-electron chi connectivity index (χ1n) is 7.72. The van der Waals surface area contributed by atoms with Gasteiger partial charge >= 0.3 is 6.03 Å². The van der Waals surface area contributed by atoms with Crippen molar-refractivity contribution in [3.05, 3.63) is 40.3 Å². The topological polar surface area (TPSA) is 63.7 Å². The van der Waals surface area contributed by atoms with Gasteiger partial charge in [-0.05, 0) is 26.0 Å². The summed E-state index contributed by atoms with van der Waals surface area (Å²) in [6.07, 6.45) is 0. The summed E-state index contributed by atoms with van der Waals surface area (Å²) in [5, 5.41) is 4.85. The molecule has 0 unspecified atom stereocenters. The van der Waals surface area contributed by atoms with E-state index in [4.69, 9.17) is 9.47 Å². The second-order valence-electron chi connectivity index (χ2n) is 6.33. The van der Waals surface area contributed by atoms with Crippen LogP contribution in [0.25, 0.3) is 0 Å². The molecule has 24 heavy (non-hydrogen) atoms. The summed E-state index contributed by atoms with van der Waals surface area (Å²) in [6.45, 7) is 5.36. The minimum atomic E-state index is -0.490. The lowest BCUT2D eigenvalue weighted by atomic mass is 10.1. The van der Waals surface area contributed by atoms with Crippen molar-refractivity contribution in [1.82, 2.24) is 15.2 Å². The van der Waals surface area contributed by atoms with Crippen LogP contribution in [0, 0.1) is 0 Å². The second-order valence-corrected chi connectivity index (χ2v) is 7.05. The fraction of sp³-hybridized carbons (Fsp3) is 0.412. The van der Waals surface area contributed by atoms with E-state index in [9.17, 15) is 4.79 Å². The molecule has 0 atom stereocenters. The average molecular weight is 347 g/mol. The zero-order chi connectivity index (χ0) is 17.2. The highest BCUT2D eigenvalue weighted by molar-refractivity contribution is 7.07. The monoisotopic (exact) mass is 347 g/mol. The number of benzene rings is 1. The fourth-order valence-corrected chi connectivity index (χ4v) is 3.24. The Morgan fingerprint density at radius 1 is 1.50 bits per heavy atom. The molecule has 2 aromatic rings. The highest BCUT2D eigenvalue weighted by Gasteiger charge is 2.31. The van der Waals surface area contributed by atoms with Gasteiger partial charge in [-0.25, -0.2) is 9.78 Å². The van der Waals surface area contributed by atoms with Crippen LogP contribution in [0.1, 0.15) is 25.1 Å². The lowest BCUT2D eigenvalue weighted by molar-refractivity contribution is 0.0805. The number of carbonyl (C=O) groups is 1. The quantitative estimate of drug-likeness (QED) is 0.927. The summed E-state index contributed by atoms with van der Waals surface area (Å²) in [6, 6.07) is 5.57. The van der Waals surface area contributed by atoms with Crippen LogP contribution < -0.4 is 14.8 Å². The van der Waals surface area contributed by atoms with Crippen LogP contribution in [-0.2, 0) is 13.1 Å². The predicted molar refractivity (Wildman–Crippen MR) is 92.5 cm³/mol. The third-order valence-corrected chi connectivity index (χ3v) is 4.42. The van der Waals surface area contributed by atoms with Crippen LogP contribution in [0.15, 0.2) is 29.1 Å². The van der Waals surface area contributed by atoms with Crippen molar-refractivity contribution in [2.75, 3.05) is 13.7 Å². The highest BCUT2D eigenvalue weighted by Crippen LogP contribution is 2.32.